The van der Waals surface area contributed by atoms with E-state index in [9.17, 15) is 4.39 Å². The summed E-state index contributed by atoms with van der Waals surface area (Å²) in [6.45, 7) is 2.01. The molecule has 0 amide bonds. The van der Waals surface area contributed by atoms with Crippen LogP contribution in [0.5, 0.6) is 0 Å². The number of hydrogen-bond acceptors (Lipinski definition) is 2. The highest BCUT2D eigenvalue weighted by atomic mass is 32.1. The lowest BCUT2D eigenvalue weighted by atomic mass is 9.97. The van der Waals surface area contributed by atoms with Crippen LogP contribution < -0.4 is 5.32 Å². The predicted octanol–water partition coefficient (Wildman–Crippen LogP) is 3.50. The Morgan fingerprint density at radius 2 is 2.12 bits per heavy atom. The van der Waals surface area contributed by atoms with E-state index in [0.29, 0.717) is 0 Å². The van der Waals surface area contributed by atoms with E-state index < -0.39 is 0 Å². The van der Waals surface area contributed by atoms with E-state index in [0.717, 1.165) is 11.1 Å². The zero-order valence-electron chi connectivity index (χ0n) is 9.33. The monoisotopic (exact) mass is 235 g/mol. The van der Waals surface area contributed by atoms with Crippen LogP contribution in [0, 0.1) is 12.7 Å². The molecule has 3 heteroatoms. The van der Waals surface area contributed by atoms with Crippen molar-refractivity contribution in [3.05, 3.63) is 57.5 Å². The SMILES string of the molecule is CNC(c1ccsc1)c1cc(F)ccc1C. The van der Waals surface area contributed by atoms with E-state index >= 15 is 0 Å². The van der Waals surface area contributed by atoms with Gasteiger partial charge in [-0.2, -0.15) is 11.3 Å². The molecule has 0 saturated heterocycles. The number of hydrogen-bond donors (Lipinski definition) is 1. The second kappa shape index (κ2) is 4.76. The van der Waals surface area contributed by atoms with Crippen LogP contribution in [0.15, 0.2) is 35.0 Å². The van der Waals surface area contributed by atoms with Gasteiger partial charge in [-0.25, -0.2) is 4.39 Å². The quantitative estimate of drug-likeness (QED) is 0.858. The lowest BCUT2D eigenvalue weighted by Gasteiger charge is -2.18. The molecule has 2 aromatic rings. The summed E-state index contributed by atoms with van der Waals surface area (Å²) in [5.41, 5.74) is 3.29. The van der Waals surface area contributed by atoms with Gasteiger partial charge in [0, 0.05) is 0 Å². The van der Waals surface area contributed by atoms with Crippen LogP contribution in [-0.4, -0.2) is 7.05 Å². The summed E-state index contributed by atoms with van der Waals surface area (Å²) in [6, 6.07) is 7.06. The molecule has 0 aliphatic heterocycles. The number of halogens is 1. The summed E-state index contributed by atoms with van der Waals surface area (Å²) in [5.74, 6) is -0.184. The molecule has 1 N–H and O–H groups in total. The highest BCUT2D eigenvalue weighted by Crippen LogP contribution is 2.26. The van der Waals surface area contributed by atoms with Crippen LogP contribution in [0.25, 0.3) is 0 Å². The van der Waals surface area contributed by atoms with Gasteiger partial charge in [-0.1, -0.05) is 6.07 Å². The molecule has 2 rings (SSSR count). The third kappa shape index (κ3) is 2.15. The molecule has 1 aromatic heterocycles. The Morgan fingerprint density at radius 1 is 1.31 bits per heavy atom. The van der Waals surface area contributed by atoms with Crippen LogP contribution in [0.1, 0.15) is 22.7 Å². The summed E-state index contributed by atoms with van der Waals surface area (Å²) >= 11 is 1.65. The van der Waals surface area contributed by atoms with Crippen LogP contribution >= 0.6 is 11.3 Å². The first-order chi connectivity index (χ1) is 7.72. The fraction of sp³-hybridized carbons (Fsp3) is 0.231. The van der Waals surface area contributed by atoms with Crippen molar-refractivity contribution >= 4 is 11.3 Å². The molecule has 0 saturated carbocycles. The van der Waals surface area contributed by atoms with E-state index in [1.165, 1.54) is 11.6 Å². The lowest BCUT2D eigenvalue weighted by molar-refractivity contribution is 0.615. The Labute approximate surface area is 98.9 Å². The van der Waals surface area contributed by atoms with Gasteiger partial charge in [-0.05, 0) is 59.6 Å². The first-order valence-electron chi connectivity index (χ1n) is 5.18. The molecule has 1 aromatic carbocycles. The summed E-state index contributed by atoms with van der Waals surface area (Å²) < 4.78 is 13.3. The molecule has 0 aliphatic rings. The van der Waals surface area contributed by atoms with E-state index in [4.69, 9.17) is 0 Å². The van der Waals surface area contributed by atoms with Crippen molar-refractivity contribution < 1.29 is 4.39 Å². The van der Waals surface area contributed by atoms with Crippen molar-refractivity contribution in [2.24, 2.45) is 0 Å². The van der Waals surface area contributed by atoms with Gasteiger partial charge in [-0.15, -0.1) is 0 Å². The third-order valence-electron chi connectivity index (χ3n) is 2.72. The molecular weight excluding hydrogens is 221 g/mol. The normalized spacial score (nSPS) is 12.7. The topological polar surface area (TPSA) is 12.0 Å². The number of rotatable bonds is 3. The molecule has 0 bridgehead atoms. The smallest absolute Gasteiger partial charge is 0.123 e. The van der Waals surface area contributed by atoms with E-state index in [1.54, 1.807) is 17.4 Å². The lowest BCUT2D eigenvalue weighted by Crippen LogP contribution is -2.18. The van der Waals surface area contributed by atoms with E-state index in [2.05, 4.69) is 16.8 Å². The number of aryl methyl sites for hydroxylation is 1. The Kier molecular flexibility index (Phi) is 3.36. The Morgan fingerprint density at radius 3 is 2.75 bits per heavy atom. The maximum absolute atomic E-state index is 13.3. The van der Waals surface area contributed by atoms with Crippen LogP contribution in [-0.2, 0) is 0 Å². The molecule has 0 spiro atoms. The zero-order chi connectivity index (χ0) is 11.5. The van der Waals surface area contributed by atoms with Gasteiger partial charge in [-0.3, -0.25) is 0 Å². The highest BCUT2D eigenvalue weighted by molar-refractivity contribution is 7.08. The van der Waals surface area contributed by atoms with Crippen LogP contribution in [0.2, 0.25) is 0 Å². The first kappa shape index (κ1) is 11.3. The Balaban J connectivity index is 2.44. The highest BCUT2D eigenvalue weighted by Gasteiger charge is 2.14. The van der Waals surface area contributed by atoms with Crippen molar-refractivity contribution in [3.63, 3.8) is 0 Å². The van der Waals surface area contributed by atoms with E-state index in [-0.39, 0.29) is 11.9 Å². The van der Waals surface area contributed by atoms with Gasteiger partial charge in [0.25, 0.3) is 0 Å². The number of nitrogens with one attached hydrogen (secondary N) is 1. The van der Waals surface area contributed by atoms with Gasteiger partial charge >= 0.3 is 0 Å². The zero-order valence-corrected chi connectivity index (χ0v) is 10.1. The minimum Gasteiger partial charge on any atom is -0.309 e. The summed E-state index contributed by atoms with van der Waals surface area (Å²) in [4.78, 5) is 0. The van der Waals surface area contributed by atoms with Gasteiger partial charge in [0.15, 0.2) is 0 Å². The minimum atomic E-state index is -0.184. The molecule has 0 aliphatic carbocycles. The molecule has 1 atom stereocenters. The minimum absolute atomic E-state index is 0.0712. The second-order valence-electron chi connectivity index (χ2n) is 3.78. The summed E-state index contributed by atoms with van der Waals surface area (Å²) in [6.07, 6.45) is 0. The van der Waals surface area contributed by atoms with Crippen molar-refractivity contribution in [2.45, 2.75) is 13.0 Å². The molecule has 1 nitrogen and oxygen atoms in total. The largest absolute Gasteiger partial charge is 0.309 e. The van der Waals surface area contributed by atoms with Crippen LogP contribution in [0.4, 0.5) is 4.39 Å². The fourth-order valence-corrected chi connectivity index (χ4v) is 2.55. The first-order valence-corrected chi connectivity index (χ1v) is 6.12. The Bertz CT molecular complexity index is 465. The molecule has 84 valence electrons. The Hall–Kier alpha value is -1.19. The summed E-state index contributed by atoms with van der Waals surface area (Å²) in [5, 5.41) is 7.35. The van der Waals surface area contributed by atoms with Crippen molar-refractivity contribution in [3.8, 4) is 0 Å². The third-order valence-corrected chi connectivity index (χ3v) is 3.42. The maximum Gasteiger partial charge on any atom is 0.123 e. The standard InChI is InChI=1S/C13H14FNS/c1-9-3-4-11(14)7-12(9)13(15-2)10-5-6-16-8-10/h3-8,13,15H,1-2H3. The molecule has 0 radical (unpaired) electrons. The molecule has 0 fully saturated rings. The summed E-state index contributed by atoms with van der Waals surface area (Å²) in [7, 11) is 1.90. The number of benzene rings is 1. The average molecular weight is 235 g/mol. The molecule has 16 heavy (non-hydrogen) atoms. The van der Waals surface area contributed by atoms with E-state index in [1.807, 2.05) is 25.4 Å². The van der Waals surface area contributed by atoms with Crippen molar-refractivity contribution in [2.75, 3.05) is 7.05 Å². The second-order valence-corrected chi connectivity index (χ2v) is 4.56. The fourth-order valence-electron chi connectivity index (χ4n) is 1.86. The molecule has 1 heterocycles. The van der Waals surface area contributed by atoms with Gasteiger partial charge in [0.2, 0.25) is 0 Å². The molecular formula is C13H14FNS. The van der Waals surface area contributed by atoms with Gasteiger partial charge < -0.3 is 5.32 Å². The van der Waals surface area contributed by atoms with Crippen molar-refractivity contribution in [1.29, 1.82) is 0 Å². The van der Waals surface area contributed by atoms with Gasteiger partial charge in [0.05, 0.1) is 6.04 Å². The van der Waals surface area contributed by atoms with Gasteiger partial charge in [0.1, 0.15) is 5.82 Å². The van der Waals surface area contributed by atoms with Crippen molar-refractivity contribution in [1.82, 2.24) is 5.32 Å². The molecule has 1 unspecified atom stereocenters. The number of thiophene rings is 1. The van der Waals surface area contributed by atoms with Crippen LogP contribution in [0.3, 0.4) is 0 Å². The predicted molar refractivity (Wildman–Crippen MR) is 66.4 cm³/mol. The maximum atomic E-state index is 13.3. The average Bonchev–Trinajstić information content (AvgIpc) is 2.78.